The molecular weight excluding hydrogens is 211 g/mol. The predicted octanol–water partition coefficient (Wildman–Crippen LogP) is 0.799. The van der Waals surface area contributed by atoms with Gasteiger partial charge in [-0.05, 0) is 24.2 Å². The first-order valence-electron chi connectivity index (χ1n) is 5.03. The van der Waals surface area contributed by atoms with Crippen LogP contribution < -0.4 is 15.8 Å². The molecule has 16 heavy (non-hydrogen) atoms. The Hall–Kier alpha value is -1.62. The van der Waals surface area contributed by atoms with E-state index in [0.29, 0.717) is 12.3 Å². The lowest BCUT2D eigenvalue weighted by Gasteiger charge is -2.07. The summed E-state index contributed by atoms with van der Waals surface area (Å²) in [6.45, 7) is 3.07. The van der Waals surface area contributed by atoms with Crippen LogP contribution in [0.15, 0.2) is 18.2 Å². The van der Waals surface area contributed by atoms with Crippen molar-refractivity contribution in [1.29, 1.82) is 0 Å². The number of halogens is 1. The number of hydrogen-bond acceptors (Lipinski definition) is 3. The van der Waals surface area contributed by atoms with Gasteiger partial charge in [0.25, 0.3) is 5.91 Å². The lowest BCUT2D eigenvalue weighted by molar-refractivity contribution is -0.119. The third-order valence-corrected chi connectivity index (χ3v) is 1.89. The number of rotatable bonds is 6. The molecule has 0 fully saturated rings. The molecule has 88 valence electrons. The fraction of sp³-hybridized carbons (Fsp3) is 0.364. The third kappa shape index (κ3) is 4.27. The van der Waals surface area contributed by atoms with Gasteiger partial charge in [0.15, 0.2) is 6.61 Å². The van der Waals surface area contributed by atoms with Gasteiger partial charge in [-0.1, -0.05) is 6.92 Å². The molecule has 0 heterocycles. The van der Waals surface area contributed by atoms with Gasteiger partial charge in [-0.3, -0.25) is 4.79 Å². The number of primary amides is 1. The van der Waals surface area contributed by atoms with Gasteiger partial charge in [0.2, 0.25) is 0 Å². The minimum absolute atomic E-state index is 0.246. The number of benzene rings is 1. The van der Waals surface area contributed by atoms with Gasteiger partial charge in [-0.2, -0.15) is 0 Å². The maximum absolute atomic E-state index is 13.2. The van der Waals surface area contributed by atoms with Crippen molar-refractivity contribution in [3.63, 3.8) is 0 Å². The van der Waals surface area contributed by atoms with E-state index in [0.717, 1.165) is 12.1 Å². The molecule has 1 aromatic carbocycles. The van der Waals surface area contributed by atoms with Crippen molar-refractivity contribution in [3.8, 4) is 5.75 Å². The highest BCUT2D eigenvalue weighted by Gasteiger charge is 2.03. The molecule has 0 aliphatic rings. The highest BCUT2D eigenvalue weighted by molar-refractivity contribution is 5.75. The summed E-state index contributed by atoms with van der Waals surface area (Å²) in [6.07, 6.45) is 0. The molecule has 1 rings (SSSR count). The first-order chi connectivity index (χ1) is 7.61. The van der Waals surface area contributed by atoms with Crippen LogP contribution in [-0.2, 0) is 11.3 Å². The molecule has 0 aliphatic carbocycles. The summed E-state index contributed by atoms with van der Waals surface area (Å²) in [5.74, 6) is -0.668. The minimum Gasteiger partial charge on any atom is -0.484 e. The van der Waals surface area contributed by atoms with Crippen molar-refractivity contribution >= 4 is 5.91 Å². The number of nitrogens with one attached hydrogen (secondary N) is 1. The van der Waals surface area contributed by atoms with E-state index in [1.165, 1.54) is 12.1 Å². The van der Waals surface area contributed by atoms with Gasteiger partial charge in [-0.25, -0.2) is 4.39 Å². The first kappa shape index (κ1) is 12.4. The van der Waals surface area contributed by atoms with Crippen LogP contribution in [0.2, 0.25) is 0 Å². The standard InChI is InChI=1S/C11H15FN2O2/c1-2-14-6-8-3-9(12)5-10(4-8)16-7-11(13)15/h3-5,14H,2,6-7H2,1H3,(H2,13,15). The van der Waals surface area contributed by atoms with Crippen LogP contribution in [0.4, 0.5) is 4.39 Å². The first-order valence-corrected chi connectivity index (χ1v) is 5.03. The fourth-order valence-corrected chi connectivity index (χ4v) is 1.23. The number of hydrogen-bond donors (Lipinski definition) is 2. The van der Waals surface area contributed by atoms with Crippen molar-refractivity contribution in [3.05, 3.63) is 29.6 Å². The van der Waals surface area contributed by atoms with E-state index < -0.39 is 11.7 Å². The molecule has 0 saturated heterocycles. The molecule has 4 nitrogen and oxygen atoms in total. The zero-order valence-electron chi connectivity index (χ0n) is 9.13. The second-order valence-electron chi connectivity index (χ2n) is 3.33. The zero-order valence-corrected chi connectivity index (χ0v) is 9.13. The van der Waals surface area contributed by atoms with Gasteiger partial charge in [-0.15, -0.1) is 0 Å². The van der Waals surface area contributed by atoms with E-state index in [-0.39, 0.29) is 6.61 Å². The maximum Gasteiger partial charge on any atom is 0.255 e. The molecule has 3 N–H and O–H groups in total. The van der Waals surface area contributed by atoms with Gasteiger partial charge in [0.05, 0.1) is 0 Å². The van der Waals surface area contributed by atoms with E-state index in [2.05, 4.69) is 5.32 Å². The lowest BCUT2D eigenvalue weighted by atomic mass is 10.2. The molecule has 0 aromatic heterocycles. The normalized spacial score (nSPS) is 10.1. The maximum atomic E-state index is 13.2. The summed E-state index contributed by atoms with van der Waals surface area (Å²) in [5, 5.41) is 3.07. The molecular formula is C11H15FN2O2. The minimum atomic E-state index is -0.586. The molecule has 5 heteroatoms. The van der Waals surface area contributed by atoms with Crippen LogP contribution in [0.25, 0.3) is 0 Å². The average Bonchev–Trinajstić information content (AvgIpc) is 2.23. The molecule has 0 saturated carbocycles. The summed E-state index contributed by atoms with van der Waals surface area (Å²) in [7, 11) is 0. The van der Waals surface area contributed by atoms with Crippen molar-refractivity contribution in [2.75, 3.05) is 13.2 Å². The van der Waals surface area contributed by atoms with E-state index in [1.807, 2.05) is 6.92 Å². The number of carbonyl (C=O) groups is 1. The zero-order chi connectivity index (χ0) is 12.0. The van der Waals surface area contributed by atoms with Gasteiger partial charge in [0, 0.05) is 12.6 Å². The predicted molar refractivity (Wildman–Crippen MR) is 58.5 cm³/mol. The van der Waals surface area contributed by atoms with Gasteiger partial charge < -0.3 is 15.8 Å². The lowest BCUT2D eigenvalue weighted by Crippen LogP contribution is -2.20. The van der Waals surface area contributed by atoms with E-state index in [1.54, 1.807) is 6.07 Å². The summed E-state index contributed by atoms with van der Waals surface area (Å²) in [5.41, 5.74) is 5.69. The summed E-state index contributed by atoms with van der Waals surface area (Å²) in [4.78, 5) is 10.5. The van der Waals surface area contributed by atoms with Crippen molar-refractivity contribution in [2.45, 2.75) is 13.5 Å². The van der Waals surface area contributed by atoms with Gasteiger partial charge in [0.1, 0.15) is 11.6 Å². The van der Waals surface area contributed by atoms with Gasteiger partial charge >= 0.3 is 0 Å². The van der Waals surface area contributed by atoms with Crippen LogP contribution in [0.3, 0.4) is 0 Å². The van der Waals surface area contributed by atoms with E-state index >= 15 is 0 Å². The SMILES string of the molecule is CCNCc1cc(F)cc(OCC(N)=O)c1. The second-order valence-corrected chi connectivity index (χ2v) is 3.33. The number of nitrogens with two attached hydrogens (primary N) is 1. The summed E-state index contributed by atoms with van der Waals surface area (Å²) < 4.78 is 18.2. The van der Waals surface area contributed by atoms with Crippen molar-refractivity contribution < 1.29 is 13.9 Å². The van der Waals surface area contributed by atoms with Crippen LogP contribution in [-0.4, -0.2) is 19.1 Å². The Balaban J connectivity index is 2.69. The Morgan fingerprint density at radius 3 is 2.88 bits per heavy atom. The average molecular weight is 226 g/mol. The van der Waals surface area contributed by atoms with E-state index in [4.69, 9.17) is 10.5 Å². The van der Waals surface area contributed by atoms with Crippen LogP contribution in [0.1, 0.15) is 12.5 Å². The third-order valence-electron chi connectivity index (χ3n) is 1.89. The van der Waals surface area contributed by atoms with Crippen LogP contribution in [0, 0.1) is 5.82 Å². The number of carbonyl (C=O) groups excluding carboxylic acids is 1. The number of ether oxygens (including phenoxy) is 1. The molecule has 0 unspecified atom stereocenters. The topological polar surface area (TPSA) is 64.3 Å². The largest absolute Gasteiger partial charge is 0.484 e. The molecule has 0 spiro atoms. The Labute approximate surface area is 93.6 Å². The highest BCUT2D eigenvalue weighted by atomic mass is 19.1. The molecule has 0 radical (unpaired) electrons. The molecule has 0 bridgehead atoms. The van der Waals surface area contributed by atoms with Crippen LogP contribution in [0.5, 0.6) is 5.75 Å². The molecule has 0 aliphatic heterocycles. The Morgan fingerprint density at radius 1 is 1.50 bits per heavy atom. The smallest absolute Gasteiger partial charge is 0.255 e. The summed E-state index contributed by atoms with van der Waals surface area (Å²) in [6, 6.07) is 4.31. The molecule has 1 aromatic rings. The summed E-state index contributed by atoms with van der Waals surface area (Å²) >= 11 is 0. The van der Waals surface area contributed by atoms with Crippen molar-refractivity contribution in [2.24, 2.45) is 5.73 Å². The van der Waals surface area contributed by atoms with Crippen LogP contribution >= 0.6 is 0 Å². The second kappa shape index (κ2) is 6.07. The Morgan fingerprint density at radius 2 is 2.25 bits per heavy atom. The molecule has 0 atom stereocenters. The highest BCUT2D eigenvalue weighted by Crippen LogP contribution is 2.16. The number of amides is 1. The molecule has 1 amide bonds. The fourth-order valence-electron chi connectivity index (χ4n) is 1.23. The van der Waals surface area contributed by atoms with Crippen molar-refractivity contribution in [1.82, 2.24) is 5.32 Å². The Kier molecular flexibility index (Phi) is 4.72. The monoisotopic (exact) mass is 226 g/mol. The Bertz CT molecular complexity index is 369. The van der Waals surface area contributed by atoms with E-state index in [9.17, 15) is 9.18 Å². The quantitative estimate of drug-likeness (QED) is 0.754.